The van der Waals surface area contributed by atoms with Gasteiger partial charge in [0.15, 0.2) is 0 Å². The molecule has 162 valence electrons. The number of amides is 2. The summed E-state index contributed by atoms with van der Waals surface area (Å²) in [6.07, 6.45) is 4.37. The van der Waals surface area contributed by atoms with Crippen LogP contribution in [0.2, 0.25) is 10.0 Å². The summed E-state index contributed by atoms with van der Waals surface area (Å²) in [4.78, 5) is 37.1. The van der Waals surface area contributed by atoms with Crippen LogP contribution in [-0.2, 0) is 14.4 Å². The Morgan fingerprint density at radius 3 is 2.29 bits per heavy atom. The van der Waals surface area contributed by atoms with Gasteiger partial charge in [0, 0.05) is 26.3 Å². The predicted octanol–water partition coefficient (Wildman–Crippen LogP) is 5.33. The molecule has 2 unspecified atom stereocenters. The van der Waals surface area contributed by atoms with Crippen molar-refractivity contribution in [1.82, 2.24) is 0 Å². The van der Waals surface area contributed by atoms with Crippen LogP contribution in [0, 0.1) is 11.8 Å². The van der Waals surface area contributed by atoms with Gasteiger partial charge in [-0.05, 0) is 49.2 Å². The quantitative estimate of drug-likeness (QED) is 0.369. The number of halogens is 2. The first kappa shape index (κ1) is 23.2. The van der Waals surface area contributed by atoms with Crippen molar-refractivity contribution >= 4 is 64.1 Å². The zero-order chi connectivity index (χ0) is 22.4. The SMILES string of the molecule is O=C(CSc1cccc(NC(=O)C2CC=CCC2C(=O)O)c1)Nc1cc(Cl)cc(Cl)c1. The number of benzene rings is 2. The number of hydrogen-bond donors (Lipinski definition) is 3. The lowest BCUT2D eigenvalue weighted by molar-refractivity contribution is -0.146. The third-order valence-electron chi connectivity index (χ3n) is 4.70. The minimum Gasteiger partial charge on any atom is -0.481 e. The number of anilines is 2. The number of allylic oxidation sites excluding steroid dienone is 2. The highest BCUT2D eigenvalue weighted by Gasteiger charge is 2.33. The fraction of sp³-hybridized carbons (Fsp3) is 0.227. The van der Waals surface area contributed by atoms with Gasteiger partial charge in [-0.15, -0.1) is 11.8 Å². The summed E-state index contributed by atoms with van der Waals surface area (Å²) in [6, 6.07) is 11.9. The average molecular weight is 479 g/mol. The third kappa shape index (κ3) is 6.75. The second-order valence-electron chi connectivity index (χ2n) is 7.01. The van der Waals surface area contributed by atoms with Gasteiger partial charge in [0.25, 0.3) is 0 Å². The lowest BCUT2D eigenvalue weighted by atomic mass is 9.82. The number of nitrogens with one attached hydrogen (secondary N) is 2. The number of carbonyl (C=O) groups excluding carboxylic acids is 2. The van der Waals surface area contributed by atoms with E-state index in [1.807, 2.05) is 12.1 Å². The number of carboxylic acid groups (broad SMARTS) is 1. The van der Waals surface area contributed by atoms with E-state index in [4.69, 9.17) is 23.2 Å². The Bertz CT molecular complexity index is 1010. The molecule has 9 heteroatoms. The largest absolute Gasteiger partial charge is 0.481 e. The zero-order valence-electron chi connectivity index (χ0n) is 16.3. The van der Waals surface area contributed by atoms with Crippen LogP contribution in [-0.4, -0.2) is 28.6 Å². The zero-order valence-corrected chi connectivity index (χ0v) is 18.6. The average Bonchev–Trinajstić information content (AvgIpc) is 2.71. The Balaban J connectivity index is 1.57. The molecule has 0 aromatic heterocycles. The maximum absolute atomic E-state index is 12.6. The summed E-state index contributed by atoms with van der Waals surface area (Å²) in [6.45, 7) is 0. The number of rotatable bonds is 7. The van der Waals surface area contributed by atoms with Crippen molar-refractivity contribution in [2.45, 2.75) is 17.7 Å². The monoisotopic (exact) mass is 478 g/mol. The molecule has 0 bridgehead atoms. The number of carboxylic acids is 1. The van der Waals surface area contributed by atoms with Crippen LogP contribution in [0.15, 0.2) is 59.5 Å². The minimum atomic E-state index is -0.971. The number of carbonyl (C=O) groups is 3. The summed E-state index contributed by atoms with van der Waals surface area (Å²) < 4.78 is 0. The van der Waals surface area contributed by atoms with Crippen molar-refractivity contribution in [3.8, 4) is 0 Å². The van der Waals surface area contributed by atoms with Crippen molar-refractivity contribution in [3.05, 3.63) is 64.7 Å². The van der Waals surface area contributed by atoms with Gasteiger partial charge in [0.1, 0.15) is 0 Å². The van der Waals surface area contributed by atoms with E-state index < -0.39 is 17.8 Å². The van der Waals surface area contributed by atoms with Gasteiger partial charge in [-0.3, -0.25) is 14.4 Å². The van der Waals surface area contributed by atoms with E-state index in [0.29, 0.717) is 34.3 Å². The Hall–Kier alpha value is -2.48. The first-order chi connectivity index (χ1) is 14.8. The van der Waals surface area contributed by atoms with Crippen molar-refractivity contribution in [2.24, 2.45) is 11.8 Å². The van der Waals surface area contributed by atoms with Crippen molar-refractivity contribution in [3.63, 3.8) is 0 Å². The van der Waals surface area contributed by atoms with Crippen molar-refractivity contribution < 1.29 is 19.5 Å². The molecule has 31 heavy (non-hydrogen) atoms. The number of hydrogen-bond acceptors (Lipinski definition) is 4. The van der Waals surface area contributed by atoms with Gasteiger partial charge in [-0.25, -0.2) is 0 Å². The summed E-state index contributed by atoms with van der Waals surface area (Å²) in [5.74, 6) is -2.72. The van der Waals surface area contributed by atoms with Crippen LogP contribution in [0.25, 0.3) is 0 Å². The standard InChI is InChI=1S/C22H20Cl2N2O4S/c23-13-8-14(24)10-16(9-13)25-20(27)12-31-17-5-3-4-15(11-17)26-21(28)18-6-1-2-7-19(18)22(29)30/h1-5,8-11,18-19H,6-7,12H2,(H,25,27)(H,26,28)(H,29,30). The smallest absolute Gasteiger partial charge is 0.307 e. The highest BCUT2D eigenvalue weighted by Crippen LogP contribution is 2.28. The van der Waals surface area contributed by atoms with E-state index in [9.17, 15) is 19.5 Å². The van der Waals surface area contributed by atoms with Crippen LogP contribution in [0.4, 0.5) is 11.4 Å². The molecule has 0 heterocycles. The molecular weight excluding hydrogens is 459 g/mol. The maximum Gasteiger partial charge on any atom is 0.307 e. The molecule has 0 radical (unpaired) electrons. The van der Waals surface area contributed by atoms with Gasteiger partial charge < -0.3 is 15.7 Å². The molecule has 0 fully saturated rings. The first-order valence-electron chi connectivity index (χ1n) is 9.49. The lowest BCUT2D eigenvalue weighted by Crippen LogP contribution is -2.34. The molecular formula is C22H20Cl2N2O4S. The second kappa shape index (κ2) is 10.7. The second-order valence-corrected chi connectivity index (χ2v) is 8.93. The van der Waals surface area contributed by atoms with E-state index in [-0.39, 0.29) is 17.6 Å². The highest BCUT2D eigenvalue weighted by molar-refractivity contribution is 8.00. The summed E-state index contributed by atoms with van der Waals surface area (Å²) in [5, 5.41) is 15.7. The number of thioether (sulfide) groups is 1. The minimum absolute atomic E-state index is 0.149. The lowest BCUT2D eigenvalue weighted by Gasteiger charge is -2.24. The predicted molar refractivity (Wildman–Crippen MR) is 124 cm³/mol. The summed E-state index contributed by atoms with van der Waals surface area (Å²) in [5.41, 5.74) is 1.06. The molecule has 2 amide bonds. The molecule has 1 aliphatic carbocycles. The van der Waals surface area contributed by atoms with E-state index in [2.05, 4.69) is 10.6 Å². The molecule has 0 saturated carbocycles. The van der Waals surface area contributed by atoms with Crippen molar-refractivity contribution in [2.75, 3.05) is 16.4 Å². The summed E-state index contributed by atoms with van der Waals surface area (Å²) >= 11 is 13.2. The van der Waals surface area contributed by atoms with Crippen LogP contribution < -0.4 is 10.6 Å². The fourth-order valence-corrected chi connectivity index (χ4v) is 4.53. The molecule has 0 saturated heterocycles. The van der Waals surface area contributed by atoms with Crippen LogP contribution in [0.1, 0.15) is 12.8 Å². The molecule has 3 rings (SSSR count). The van der Waals surface area contributed by atoms with Crippen LogP contribution in [0.3, 0.4) is 0 Å². The summed E-state index contributed by atoms with van der Waals surface area (Å²) in [7, 11) is 0. The Labute approximate surface area is 194 Å². The molecule has 2 aromatic rings. The molecule has 0 aliphatic heterocycles. The Morgan fingerprint density at radius 1 is 0.935 bits per heavy atom. The molecule has 2 aromatic carbocycles. The van der Waals surface area contributed by atoms with E-state index in [1.165, 1.54) is 11.8 Å². The van der Waals surface area contributed by atoms with Gasteiger partial charge in [0.2, 0.25) is 11.8 Å². The topological polar surface area (TPSA) is 95.5 Å². The van der Waals surface area contributed by atoms with Gasteiger partial charge in [-0.2, -0.15) is 0 Å². The molecule has 2 atom stereocenters. The van der Waals surface area contributed by atoms with Gasteiger partial charge >= 0.3 is 5.97 Å². The van der Waals surface area contributed by atoms with E-state index in [0.717, 1.165) is 4.90 Å². The maximum atomic E-state index is 12.6. The van der Waals surface area contributed by atoms with Crippen LogP contribution in [0.5, 0.6) is 0 Å². The third-order valence-corrected chi connectivity index (χ3v) is 6.13. The fourth-order valence-electron chi connectivity index (χ4n) is 3.25. The number of aliphatic carboxylic acids is 1. The highest BCUT2D eigenvalue weighted by atomic mass is 35.5. The van der Waals surface area contributed by atoms with E-state index in [1.54, 1.807) is 42.5 Å². The normalized spacial score (nSPS) is 17.7. The van der Waals surface area contributed by atoms with Gasteiger partial charge in [-0.1, -0.05) is 41.4 Å². The van der Waals surface area contributed by atoms with Crippen LogP contribution >= 0.6 is 35.0 Å². The van der Waals surface area contributed by atoms with Gasteiger partial charge in [0.05, 0.1) is 17.6 Å². The molecule has 1 aliphatic rings. The molecule has 6 nitrogen and oxygen atoms in total. The molecule has 0 spiro atoms. The first-order valence-corrected chi connectivity index (χ1v) is 11.2. The van der Waals surface area contributed by atoms with Crippen molar-refractivity contribution in [1.29, 1.82) is 0 Å². The molecule has 3 N–H and O–H groups in total. The van der Waals surface area contributed by atoms with E-state index >= 15 is 0 Å². The Morgan fingerprint density at radius 2 is 1.61 bits per heavy atom. The Kier molecular flexibility index (Phi) is 8.01.